The Balaban J connectivity index is 2.24. The first kappa shape index (κ1) is 13.8. The van der Waals surface area contributed by atoms with Crippen LogP contribution in [0.5, 0.6) is 0 Å². The molecule has 0 aliphatic carbocycles. The highest BCUT2D eigenvalue weighted by Crippen LogP contribution is 2.11. The number of esters is 1. The number of hydrogen-bond acceptors (Lipinski definition) is 5. The molecule has 0 bridgehead atoms. The summed E-state index contributed by atoms with van der Waals surface area (Å²) in [6.07, 6.45) is 0. The molecule has 0 saturated carbocycles. The van der Waals surface area contributed by atoms with Gasteiger partial charge < -0.3 is 10.1 Å². The lowest BCUT2D eigenvalue weighted by Gasteiger charge is -2.12. The van der Waals surface area contributed by atoms with Gasteiger partial charge in [-0.2, -0.15) is 11.8 Å². The molecule has 96 valence electrons. The molecule has 1 N–H and O–H groups in total. The zero-order valence-electron chi connectivity index (χ0n) is 9.89. The van der Waals surface area contributed by atoms with Crippen molar-refractivity contribution in [3.8, 4) is 0 Å². The van der Waals surface area contributed by atoms with Gasteiger partial charge in [0.05, 0.1) is 18.8 Å². The molecular formula is C10H16N2O4S. The SMILES string of the molecule is COC(=O)C(C)CSCC(=O)N1CCNC1=O. The first-order valence-corrected chi connectivity index (χ1v) is 6.45. The molecule has 6 nitrogen and oxygen atoms in total. The van der Waals surface area contributed by atoms with Gasteiger partial charge in [0.25, 0.3) is 0 Å². The van der Waals surface area contributed by atoms with E-state index in [0.29, 0.717) is 18.8 Å². The lowest BCUT2D eigenvalue weighted by Crippen LogP contribution is -2.35. The van der Waals surface area contributed by atoms with Gasteiger partial charge in [-0.15, -0.1) is 0 Å². The zero-order valence-corrected chi connectivity index (χ0v) is 10.7. The van der Waals surface area contributed by atoms with Crippen LogP contribution < -0.4 is 5.32 Å². The van der Waals surface area contributed by atoms with Crippen molar-refractivity contribution >= 4 is 29.7 Å². The minimum Gasteiger partial charge on any atom is -0.469 e. The average Bonchev–Trinajstić information content (AvgIpc) is 2.74. The summed E-state index contributed by atoms with van der Waals surface area (Å²) in [4.78, 5) is 35.1. The first-order valence-electron chi connectivity index (χ1n) is 5.30. The topological polar surface area (TPSA) is 75.7 Å². The van der Waals surface area contributed by atoms with Crippen LogP contribution in [0, 0.1) is 5.92 Å². The van der Waals surface area contributed by atoms with Crippen LogP contribution in [0.4, 0.5) is 4.79 Å². The number of ether oxygens (including phenoxy) is 1. The summed E-state index contributed by atoms with van der Waals surface area (Å²) in [5.74, 6) is -0.0426. The second-order valence-corrected chi connectivity index (χ2v) is 4.75. The van der Waals surface area contributed by atoms with Crippen molar-refractivity contribution in [1.82, 2.24) is 10.2 Å². The number of carbonyl (C=O) groups is 3. The maximum atomic E-state index is 11.6. The number of amides is 3. The van der Waals surface area contributed by atoms with Crippen LogP contribution in [0.3, 0.4) is 0 Å². The summed E-state index contributed by atoms with van der Waals surface area (Å²) in [5, 5.41) is 2.56. The molecule has 0 aromatic rings. The number of nitrogens with zero attached hydrogens (tertiary/aromatic N) is 1. The van der Waals surface area contributed by atoms with E-state index in [-0.39, 0.29) is 29.6 Å². The Labute approximate surface area is 104 Å². The molecule has 0 radical (unpaired) electrons. The van der Waals surface area contributed by atoms with E-state index >= 15 is 0 Å². The lowest BCUT2D eigenvalue weighted by molar-refractivity contribution is -0.144. The third kappa shape index (κ3) is 3.92. The number of rotatable bonds is 5. The molecule has 17 heavy (non-hydrogen) atoms. The maximum Gasteiger partial charge on any atom is 0.324 e. The smallest absolute Gasteiger partial charge is 0.324 e. The second-order valence-electron chi connectivity index (χ2n) is 3.72. The van der Waals surface area contributed by atoms with Gasteiger partial charge in [0.1, 0.15) is 0 Å². The van der Waals surface area contributed by atoms with Gasteiger partial charge in [0, 0.05) is 18.8 Å². The highest BCUT2D eigenvalue weighted by Gasteiger charge is 2.26. The predicted molar refractivity (Wildman–Crippen MR) is 63.6 cm³/mol. The number of nitrogens with one attached hydrogen (secondary N) is 1. The molecule has 1 unspecified atom stereocenters. The van der Waals surface area contributed by atoms with E-state index in [2.05, 4.69) is 10.1 Å². The van der Waals surface area contributed by atoms with Crippen molar-refractivity contribution in [2.45, 2.75) is 6.92 Å². The summed E-state index contributed by atoms with van der Waals surface area (Å²) in [5.41, 5.74) is 0. The fourth-order valence-corrected chi connectivity index (χ4v) is 2.32. The van der Waals surface area contributed by atoms with Crippen molar-refractivity contribution in [2.24, 2.45) is 5.92 Å². The van der Waals surface area contributed by atoms with E-state index < -0.39 is 0 Å². The van der Waals surface area contributed by atoms with Crippen molar-refractivity contribution in [2.75, 3.05) is 31.7 Å². The summed E-state index contributed by atoms with van der Waals surface area (Å²) in [6.45, 7) is 2.67. The molecule has 0 aromatic carbocycles. The van der Waals surface area contributed by atoms with Crippen LogP contribution in [-0.2, 0) is 14.3 Å². The van der Waals surface area contributed by atoms with Gasteiger partial charge in [-0.3, -0.25) is 14.5 Å². The third-order valence-electron chi connectivity index (χ3n) is 2.35. The fourth-order valence-electron chi connectivity index (χ4n) is 1.38. The van der Waals surface area contributed by atoms with Crippen molar-refractivity contribution in [3.63, 3.8) is 0 Å². The number of urea groups is 1. The highest BCUT2D eigenvalue weighted by atomic mass is 32.2. The standard InChI is InChI=1S/C10H16N2O4S/c1-7(9(14)16-2)5-17-6-8(13)12-4-3-11-10(12)15/h7H,3-6H2,1-2H3,(H,11,15). The van der Waals surface area contributed by atoms with E-state index in [1.54, 1.807) is 6.92 Å². The van der Waals surface area contributed by atoms with E-state index in [1.807, 2.05) is 0 Å². The van der Waals surface area contributed by atoms with Crippen LogP contribution in [0.15, 0.2) is 0 Å². The molecule has 1 atom stereocenters. The molecule has 1 aliphatic heterocycles. The number of methoxy groups -OCH3 is 1. The average molecular weight is 260 g/mol. The molecule has 1 fully saturated rings. The number of thioether (sulfide) groups is 1. The van der Waals surface area contributed by atoms with Crippen LogP contribution in [0.2, 0.25) is 0 Å². The zero-order chi connectivity index (χ0) is 12.8. The van der Waals surface area contributed by atoms with E-state index in [9.17, 15) is 14.4 Å². The summed E-state index contributed by atoms with van der Waals surface area (Å²) in [7, 11) is 1.34. The van der Waals surface area contributed by atoms with Gasteiger partial charge in [0.15, 0.2) is 0 Å². The number of imide groups is 1. The number of hydrogen-bond donors (Lipinski definition) is 1. The molecule has 1 rings (SSSR count). The maximum absolute atomic E-state index is 11.6. The van der Waals surface area contributed by atoms with Crippen LogP contribution in [0.25, 0.3) is 0 Å². The Bertz CT molecular complexity index is 321. The van der Waals surface area contributed by atoms with Gasteiger partial charge in [-0.05, 0) is 0 Å². The molecule has 0 aromatic heterocycles. The molecule has 1 aliphatic rings. The minimum atomic E-state index is -0.336. The van der Waals surface area contributed by atoms with Crippen LogP contribution in [0.1, 0.15) is 6.92 Å². The quantitative estimate of drug-likeness (QED) is 0.708. The Morgan fingerprint density at radius 1 is 1.59 bits per heavy atom. The third-order valence-corrected chi connectivity index (χ3v) is 3.54. The van der Waals surface area contributed by atoms with Gasteiger partial charge in [-0.25, -0.2) is 4.79 Å². The normalized spacial score (nSPS) is 16.6. The Hall–Kier alpha value is -1.24. The largest absolute Gasteiger partial charge is 0.469 e. The van der Waals surface area contributed by atoms with E-state index in [0.717, 1.165) is 0 Å². The van der Waals surface area contributed by atoms with Crippen LogP contribution >= 0.6 is 11.8 Å². The monoisotopic (exact) mass is 260 g/mol. The Morgan fingerprint density at radius 3 is 2.82 bits per heavy atom. The van der Waals surface area contributed by atoms with Gasteiger partial charge in [0.2, 0.25) is 5.91 Å². The molecule has 1 saturated heterocycles. The molecule has 0 spiro atoms. The summed E-state index contributed by atoms with van der Waals surface area (Å²) < 4.78 is 4.57. The molecule has 3 amide bonds. The number of carbonyl (C=O) groups excluding carboxylic acids is 3. The van der Waals surface area contributed by atoms with Gasteiger partial charge >= 0.3 is 12.0 Å². The van der Waals surface area contributed by atoms with E-state index in [1.165, 1.54) is 23.8 Å². The summed E-state index contributed by atoms with van der Waals surface area (Å²) in [6, 6.07) is -0.336. The predicted octanol–water partition coefficient (Wildman–Crippen LogP) is 0.0805. The second kappa shape index (κ2) is 6.48. The van der Waals surface area contributed by atoms with Crippen molar-refractivity contribution < 1.29 is 19.1 Å². The molecule has 7 heteroatoms. The van der Waals surface area contributed by atoms with Crippen molar-refractivity contribution in [1.29, 1.82) is 0 Å². The lowest BCUT2D eigenvalue weighted by atomic mass is 10.2. The minimum absolute atomic E-state index is 0.203. The highest BCUT2D eigenvalue weighted by molar-refractivity contribution is 7.99. The van der Waals surface area contributed by atoms with Gasteiger partial charge in [-0.1, -0.05) is 6.92 Å². The molecule has 1 heterocycles. The molecular weight excluding hydrogens is 244 g/mol. The fraction of sp³-hybridized carbons (Fsp3) is 0.700. The Kier molecular flexibility index (Phi) is 5.27. The van der Waals surface area contributed by atoms with Crippen molar-refractivity contribution in [3.05, 3.63) is 0 Å². The van der Waals surface area contributed by atoms with Crippen LogP contribution in [-0.4, -0.2) is 54.5 Å². The Morgan fingerprint density at radius 2 is 2.29 bits per heavy atom. The first-order chi connectivity index (χ1) is 8.06. The summed E-state index contributed by atoms with van der Waals surface area (Å²) >= 11 is 1.33. The van der Waals surface area contributed by atoms with E-state index in [4.69, 9.17) is 0 Å².